The van der Waals surface area contributed by atoms with Gasteiger partial charge in [0.1, 0.15) is 5.75 Å². The van der Waals surface area contributed by atoms with E-state index in [0.29, 0.717) is 18.0 Å². The number of benzene rings is 2. The summed E-state index contributed by atoms with van der Waals surface area (Å²) in [5.74, 6) is 0.856. The van der Waals surface area contributed by atoms with Crippen LogP contribution in [0.1, 0.15) is 18.4 Å². The first-order valence-electron chi connectivity index (χ1n) is 8.50. The average molecular weight is 408 g/mol. The SMILES string of the molecule is COc1ccc(CNC(=O)COC(=O)CCCSc2ccc(Cl)cc2)cc1. The van der Waals surface area contributed by atoms with Gasteiger partial charge in [-0.2, -0.15) is 0 Å². The van der Waals surface area contributed by atoms with E-state index in [2.05, 4.69) is 5.32 Å². The van der Waals surface area contributed by atoms with Gasteiger partial charge < -0.3 is 14.8 Å². The minimum Gasteiger partial charge on any atom is -0.497 e. The molecule has 0 spiro atoms. The number of carbonyl (C=O) groups is 2. The molecule has 5 nitrogen and oxygen atoms in total. The first kappa shape index (κ1) is 21.1. The van der Waals surface area contributed by atoms with Crippen molar-refractivity contribution in [3.63, 3.8) is 0 Å². The minimum absolute atomic E-state index is 0.265. The largest absolute Gasteiger partial charge is 0.497 e. The summed E-state index contributed by atoms with van der Waals surface area (Å²) in [4.78, 5) is 24.6. The van der Waals surface area contributed by atoms with Crippen LogP contribution in [-0.2, 0) is 20.9 Å². The third-order valence-electron chi connectivity index (χ3n) is 3.62. The molecule has 27 heavy (non-hydrogen) atoms. The number of amides is 1. The molecule has 0 radical (unpaired) electrons. The van der Waals surface area contributed by atoms with Crippen LogP contribution in [0.15, 0.2) is 53.4 Å². The molecule has 144 valence electrons. The smallest absolute Gasteiger partial charge is 0.306 e. The van der Waals surface area contributed by atoms with Gasteiger partial charge in [-0.1, -0.05) is 23.7 Å². The number of carbonyl (C=O) groups excluding carboxylic acids is 2. The fraction of sp³-hybridized carbons (Fsp3) is 0.300. The Morgan fingerprint density at radius 3 is 2.44 bits per heavy atom. The van der Waals surface area contributed by atoms with Crippen LogP contribution in [0, 0.1) is 0 Å². The molecule has 0 bridgehead atoms. The molecule has 1 amide bonds. The highest BCUT2D eigenvalue weighted by Gasteiger charge is 2.07. The zero-order valence-corrected chi connectivity index (χ0v) is 16.6. The van der Waals surface area contributed by atoms with E-state index in [1.54, 1.807) is 18.9 Å². The van der Waals surface area contributed by atoms with Crippen LogP contribution in [-0.4, -0.2) is 31.3 Å². The first-order valence-corrected chi connectivity index (χ1v) is 9.87. The zero-order chi connectivity index (χ0) is 19.5. The lowest BCUT2D eigenvalue weighted by molar-refractivity contribution is -0.148. The summed E-state index contributed by atoms with van der Waals surface area (Å²) in [5.41, 5.74) is 0.940. The molecule has 0 heterocycles. The van der Waals surface area contributed by atoms with E-state index in [4.69, 9.17) is 21.1 Å². The molecule has 2 aromatic carbocycles. The third-order valence-corrected chi connectivity index (χ3v) is 4.97. The maximum atomic E-state index is 11.8. The second-order valence-electron chi connectivity index (χ2n) is 5.69. The maximum absolute atomic E-state index is 11.8. The van der Waals surface area contributed by atoms with Crippen molar-refractivity contribution in [3.8, 4) is 5.75 Å². The fourth-order valence-electron chi connectivity index (χ4n) is 2.15. The van der Waals surface area contributed by atoms with Gasteiger partial charge in [0.15, 0.2) is 6.61 Å². The molecule has 0 atom stereocenters. The highest BCUT2D eigenvalue weighted by atomic mass is 35.5. The van der Waals surface area contributed by atoms with Gasteiger partial charge in [-0.05, 0) is 54.1 Å². The monoisotopic (exact) mass is 407 g/mol. The van der Waals surface area contributed by atoms with Crippen molar-refractivity contribution < 1.29 is 19.1 Å². The lowest BCUT2D eigenvalue weighted by atomic mass is 10.2. The van der Waals surface area contributed by atoms with Crippen molar-refractivity contribution in [2.75, 3.05) is 19.5 Å². The summed E-state index contributed by atoms with van der Waals surface area (Å²) in [6.07, 6.45) is 0.964. The Kier molecular flexibility index (Phi) is 9.01. The molecule has 0 fully saturated rings. The van der Waals surface area contributed by atoms with E-state index in [0.717, 1.165) is 22.0 Å². The van der Waals surface area contributed by atoms with Crippen LogP contribution < -0.4 is 10.1 Å². The fourth-order valence-corrected chi connectivity index (χ4v) is 3.13. The Morgan fingerprint density at radius 2 is 1.78 bits per heavy atom. The number of halogens is 1. The van der Waals surface area contributed by atoms with Crippen molar-refractivity contribution in [2.45, 2.75) is 24.3 Å². The Morgan fingerprint density at radius 1 is 1.07 bits per heavy atom. The quantitative estimate of drug-likeness (QED) is 0.365. The minimum atomic E-state index is -0.369. The van der Waals surface area contributed by atoms with Crippen molar-refractivity contribution in [1.82, 2.24) is 5.32 Å². The lowest BCUT2D eigenvalue weighted by Crippen LogP contribution is -2.28. The molecule has 0 saturated heterocycles. The molecule has 1 N–H and O–H groups in total. The Bertz CT molecular complexity index is 735. The molecule has 7 heteroatoms. The summed E-state index contributed by atoms with van der Waals surface area (Å²) in [7, 11) is 1.60. The van der Waals surface area contributed by atoms with E-state index in [-0.39, 0.29) is 24.9 Å². The lowest BCUT2D eigenvalue weighted by Gasteiger charge is -2.07. The van der Waals surface area contributed by atoms with Crippen LogP contribution in [0.5, 0.6) is 5.75 Å². The zero-order valence-electron chi connectivity index (χ0n) is 15.1. The maximum Gasteiger partial charge on any atom is 0.306 e. The molecule has 2 aromatic rings. The van der Waals surface area contributed by atoms with Crippen LogP contribution >= 0.6 is 23.4 Å². The summed E-state index contributed by atoms with van der Waals surface area (Å²) >= 11 is 7.49. The predicted molar refractivity (Wildman–Crippen MR) is 107 cm³/mol. The second kappa shape index (κ2) is 11.5. The van der Waals surface area contributed by atoms with E-state index in [9.17, 15) is 9.59 Å². The van der Waals surface area contributed by atoms with E-state index in [1.807, 2.05) is 48.5 Å². The Labute approximate surface area is 168 Å². The van der Waals surface area contributed by atoms with Gasteiger partial charge in [-0.3, -0.25) is 9.59 Å². The topological polar surface area (TPSA) is 64.6 Å². The highest BCUT2D eigenvalue weighted by molar-refractivity contribution is 7.99. The normalized spacial score (nSPS) is 10.3. The highest BCUT2D eigenvalue weighted by Crippen LogP contribution is 2.21. The van der Waals surface area contributed by atoms with Crippen LogP contribution in [0.4, 0.5) is 0 Å². The Hall–Kier alpha value is -2.18. The number of thioether (sulfide) groups is 1. The van der Waals surface area contributed by atoms with Crippen molar-refractivity contribution >= 4 is 35.2 Å². The van der Waals surface area contributed by atoms with Gasteiger partial charge in [0.05, 0.1) is 7.11 Å². The molecule has 0 aliphatic rings. The molecular formula is C20H22ClNO4S. The van der Waals surface area contributed by atoms with Gasteiger partial charge in [0.25, 0.3) is 5.91 Å². The first-order chi connectivity index (χ1) is 13.1. The summed E-state index contributed by atoms with van der Waals surface area (Å²) < 4.78 is 10.1. The summed E-state index contributed by atoms with van der Waals surface area (Å²) in [6.45, 7) is 0.109. The summed E-state index contributed by atoms with van der Waals surface area (Å²) in [6, 6.07) is 14.9. The predicted octanol–water partition coefficient (Wildman–Crippen LogP) is 4.08. The second-order valence-corrected chi connectivity index (χ2v) is 7.30. The van der Waals surface area contributed by atoms with Crippen LogP contribution in [0.3, 0.4) is 0 Å². The number of nitrogens with one attached hydrogen (secondary N) is 1. The standard InChI is InChI=1S/C20H22ClNO4S/c1-25-17-8-4-15(5-9-17)13-22-19(23)14-26-20(24)3-2-12-27-18-10-6-16(21)7-11-18/h4-11H,2-3,12-14H2,1H3,(H,22,23). The van der Waals surface area contributed by atoms with Crippen LogP contribution in [0.25, 0.3) is 0 Å². The van der Waals surface area contributed by atoms with Crippen molar-refractivity contribution in [1.29, 1.82) is 0 Å². The third kappa shape index (κ3) is 8.37. The Balaban J connectivity index is 1.56. The average Bonchev–Trinajstić information content (AvgIpc) is 2.69. The molecule has 2 rings (SSSR count). The molecule has 0 aliphatic carbocycles. The van der Waals surface area contributed by atoms with E-state index >= 15 is 0 Å². The molecule has 0 saturated carbocycles. The van der Waals surface area contributed by atoms with Gasteiger partial charge in [0, 0.05) is 22.9 Å². The number of esters is 1. The van der Waals surface area contributed by atoms with E-state index in [1.165, 1.54) is 0 Å². The van der Waals surface area contributed by atoms with E-state index < -0.39 is 0 Å². The number of ether oxygens (including phenoxy) is 2. The van der Waals surface area contributed by atoms with Crippen LogP contribution in [0.2, 0.25) is 5.02 Å². The van der Waals surface area contributed by atoms with Gasteiger partial charge in [0.2, 0.25) is 0 Å². The molecular weight excluding hydrogens is 386 g/mol. The number of rotatable bonds is 10. The number of hydrogen-bond acceptors (Lipinski definition) is 5. The summed E-state index contributed by atoms with van der Waals surface area (Å²) in [5, 5.41) is 3.42. The molecule has 0 unspecified atom stereocenters. The number of hydrogen-bond donors (Lipinski definition) is 1. The van der Waals surface area contributed by atoms with Crippen molar-refractivity contribution in [3.05, 3.63) is 59.1 Å². The molecule has 0 aliphatic heterocycles. The van der Waals surface area contributed by atoms with Gasteiger partial charge in [-0.15, -0.1) is 11.8 Å². The van der Waals surface area contributed by atoms with Crippen molar-refractivity contribution in [2.24, 2.45) is 0 Å². The number of methoxy groups -OCH3 is 1. The molecule has 0 aromatic heterocycles. The van der Waals surface area contributed by atoms with Gasteiger partial charge in [-0.25, -0.2) is 0 Å². The van der Waals surface area contributed by atoms with Gasteiger partial charge >= 0.3 is 5.97 Å².